The monoisotopic (exact) mass is 415 g/mol. The van der Waals surface area contributed by atoms with Crippen molar-refractivity contribution in [2.24, 2.45) is 0 Å². The Morgan fingerprint density at radius 3 is 2.45 bits per heavy atom. The fourth-order valence-corrected chi connectivity index (χ4v) is 4.49. The maximum atomic E-state index is 13.2. The zero-order chi connectivity index (χ0) is 21.4. The number of hydrogen-bond acceptors (Lipinski definition) is 4. The van der Waals surface area contributed by atoms with Gasteiger partial charge in [-0.2, -0.15) is 0 Å². The van der Waals surface area contributed by atoms with E-state index in [0.717, 1.165) is 25.2 Å². The van der Waals surface area contributed by atoms with E-state index >= 15 is 0 Å². The van der Waals surface area contributed by atoms with Gasteiger partial charge in [-0.3, -0.25) is 19.1 Å². The molecule has 3 heterocycles. The Balaban J connectivity index is 1.33. The first-order valence-electron chi connectivity index (χ1n) is 10.6. The van der Waals surface area contributed by atoms with Crippen LogP contribution in [0.5, 0.6) is 5.75 Å². The fourth-order valence-electron chi connectivity index (χ4n) is 4.49. The van der Waals surface area contributed by atoms with E-state index in [1.54, 1.807) is 6.20 Å². The summed E-state index contributed by atoms with van der Waals surface area (Å²) >= 11 is 0. The molecule has 6 nitrogen and oxygen atoms in total. The van der Waals surface area contributed by atoms with Gasteiger partial charge in [0.05, 0.1) is 12.7 Å². The number of methoxy groups -OCH3 is 1. The van der Waals surface area contributed by atoms with Crippen molar-refractivity contribution in [1.82, 2.24) is 14.4 Å². The number of ether oxygens (including phenoxy) is 1. The minimum absolute atomic E-state index is 0.102. The summed E-state index contributed by atoms with van der Waals surface area (Å²) in [6.45, 7) is 3.33. The number of likely N-dealkylation sites (tertiary alicyclic amines) is 1. The maximum absolute atomic E-state index is 13.2. The molecule has 2 aliphatic rings. The molecule has 1 saturated heterocycles. The van der Waals surface area contributed by atoms with Gasteiger partial charge in [0.15, 0.2) is 0 Å². The molecular formula is C25H25N3O3. The van der Waals surface area contributed by atoms with Crippen LogP contribution in [0.4, 0.5) is 0 Å². The number of amides is 1. The van der Waals surface area contributed by atoms with E-state index in [0.29, 0.717) is 30.4 Å². The Hall–Kier alpha value is -3.38. The first kappa shape index (κ1) is 19.6. The molecule has 158 valence electrons. The largest absolute Gasteiger partial charge is 0.496 e. The van der Waals surface area contributed by atoms with Gasteiger partial charge in [0.2, 0.25) is 0 Å². The molecule has 1 aromatic heterocycles. The molecular weight excluding hydrogens is 390 g/mol. The molecule has 0 spiro atoms. The van der Waals surface area contributed by atoms with Gasteiger partial charge in [-0.15, -0.1) is 0 Å². The van der Waals surface area contributed by atoms with E-state index in [1.807, 2.05) is 35.2 Å². The number of aromatic nitrogens is 1. The molecule has 0 atom stereocenters. The quantitative estimate of drug-likeness (QED) is 0.658. The lowest BCUT2D eigenvalue weighted by atomic mass is 9.96. The van der Waals surface area contributed by atoms with Crippen molar-refractivity contribution in [2.45, 2.75) is 19.0 Å². The van der Waals surface area contributed by atoms with E-state index in [1.165, 1.54) is 28.9 Å². The Labute approximate surface area is 181 Å². The van der Waals surface area contributed by atoms with Gasteiger partial charge in [-0.25, -0.2) is 0 Å². The third-order valence-corrected chi connectivity index (χ3v) is 6.33. The average Bonchev–Trinajstić information content (AvgIpc) is 2.78. The molecule has 1 fully saturated rings. The van der Waals surface area contributed by atoms with Gasteiger partial charge in [0.25, 0.3) is 11.5 Å². The van der Waals surface area contributed by atoms with E-state index < -0.39 is 0 Å². The molecule has 1 amide bonds. The standard InChI is InChI=1S/C25H25N3O3/c1-31-23-13-24(29)28(20-9-3-2-4-10-20)17-22(23)25(30)27-15-21(16-27)26-12-11-18-7-5-6-8-19(18)14-26/h2-10,13,17,21H,11-12,14-16H2,1H3. The number of fused-ring (bicyclic) bond motifs is 1. The number of carbonyl (C=O) groups excluding carboxylic acids is 1. The second-order valence-corrected chi connectivity index (χ2v) is 8.15. The van der Waals surface area contributed by atoms with Gasteiger partial charge >= 0.3 is 0 Å². The molecule has 0 saturated carbocycles. The van der Waals surface area contributed by atoms with E-state index in [-0.39, 0.29) is 11.5 Å². The van der Waals surface area contributed by atoms with E-state index in [2.05, 4.69) is 29.2 Å². The average molecular weight is 415 g/mol. The molecule has 2 aliphatic heterocycles. The lowest BCUT2D eigenvalue weighted by molar-refractivity contribution is 0.0216. The Morgan fingerprint density at radius 2 is 1.71 bits per heavy atom. The van der Waals surface area contributed by atoms with Gasteiger partial charge in [0.1, 0.15) is 5.75 Å². The maximum Gasteiger partial charge on any atom is 0.259 e. The highest BCUT2D eigenvalue weighted by molar-refractivity contribution is 5.97. The fraction of sp³-hybridized carbons (Fsp3) is 0.280. The molecule has 3 aromatic rings. The summed E-state index contributed by atoms with van der Waals surface area (Å²) < 4.78 is 6.86. The summed E-state index contributed by atoms with van der Waals surface area (Å²) in [4.78, 5) is 30.1. The topological polar surface area (TPSA) is 54.8 Å². The highest BCUT2D eigenvalue weighted by atomic mass is 16.5. The predicted molar refractivity (Wildman–Crippen MR) is 119 cm³/mol. The minimum atomic E-state index is -0.229. The lowest BCUT2D eigenvalue weighted by Crippen LogP contribution is -2.61. The Bertz CT molecular complexity index is 1170. The zero-order valence-electron chi connectivity index (χ0n) is 17.5. The second-order valence-electron chi connectivity index (χ2n) is 8.15. The molecule has 0 unspecified atom stereocenters. The number of carbonyl (C=O) groups is 1. The number of rotatable bonds is 4. The van der Waals surface area contributed by atoms with Crippen molar-refractivity contribution in [2.75, 3.05) is 26.7 Å². The molecule has 2 aromatic carbocycles. The van der Waals surface area contributed by atoms with Crippen molar-refractivity contribution in [3.63, 3.8) is 0 Å². The van der Waals surface area contributed by atoms with Crippen LogP contribution < -0.4 is 10.3 Å². The van der Waals surface area contributed by atoms with Crippen LogP contribution in [0.3, 0.4) is 0 Å². The van der Waals surface area contributed by atoms with Crippen LogP contribution in [-0.4, -0.2) is 53.1 Å². The second kappa shape index (κ2) is 8.04. The Kier molecular flexibility index (Phi) is 5.08. The number of hydrogen-bond donors (Lipinski definition) is 0. The summed E-state index contributed by atoms with van der Waals surface area (Å²) in [5, 5.41) is 0. The molecule has 31 heavy (non-hydrogen) atoms. The third kappa shape index (κ3) is 3.64. The minimum Gasteiger partial charge on any atom is -0.496 e. The van der Waals surface area contributed by atoms with Crippen molar-refractivity contribution in [3.05, 3.63) is 93.9 Å². The van der Waals surface area contributed by atoms with Crippen LogP contribution in [0.15, 0.2) is 71.7 Å². The van der Waals surface area contributed by atoms with Crippen LogP contribution in [-0.2, 0) is 13.0 Å². The van der Waals surface area contributed by atoms with Crippen LogP contribution >= 0.6 is 0 Å². The summed E-state index contributed by atoms with van der Waals surface area (Å²) in [6.07, 6.45) is 2.65. The molecule has 0 radical (unpaired) electrons. The summed E-state index contributed by atoms with van der Waals surface area (Å²) in [5.41, 5.74) is 3.72. The highest BCUT2D eigenvalue weighted by Gasteiger charge is 2.37. The van der Waals surface area contributed by atoms with Crippen molar-refractivity contribution in [1.29, 1.82) is 0 Å². The third-order valence-electron chi connectivity index (χ3n) is 6.33. The number of nitrogens with zero attached hydrogens (tertiary/aromatic N) is 3. The Morgan fingerprint density at radius 1 is 1.00 bits per heavy atom. The zero-order valence-corrected chi connectivity index (χ0v) is 17.5. The molecule has 0 aliphatic carbocycles. The molecule has 0 bridgehead atoms. The number of pyridine rings is 1. The SMILES string of the molecule is COc1cc(=O)n(-c2ccccc2)cc1C(=O)N1CC(N2CCc3ccccc3C2)C1. The van der Waals surface area contributed by atoms with Crippen molar-refractivity contribution < 1.29 is 9.53 Å². The van der Waals surface area contributed by atoms with Gasteiger partial charge in [-0.1, -0.05) is 42.5 Å². The van der Waals surface area contributed by atoms with Crippen LogP contribution in [0.25, 0.3) is 5.69 Å². The van der Waals surface area contributed by atoms with Crippen LogP contribution in [0.2, 0.25) is 0 Å². The molecule has 5 rings (SSSR count). The molecule has 0 N–H and O–H groups in total. The van der Waals surface area contributed by atoms with E-state index in [4.69, 9.17) is 4.74 Å². The van der Waals surface area contributed by atoms with E-state index in [9.17, 15) is 9.59 Å². The van der Waals surface area contributed by atoms with Crippen LogP contribution in [0.1, 0.15) is 21.5 Å². The van der Waals surface area contributed by atoms with Crippen molar-refractivity contribution >= 4 is 5.91 Å². The first-order valence-corrected chi connectivity index (χ1v) is 10.6. The predicted octanol–water partition coefficient (Wildman–Crippen LogP) is 2.73. The summed E-state index contributed by atoms with van der Waals surface area (Å²) in [5.74, 6) is 0.215. The molecule has 6 heteroatoms. The van der Waals surface area contributed by atoms with Gasteiger partial charge < -0.3 is 9.64 Å². The first-order chi connectivity index (χ1) is 15.1. The van der Waals surface area contributed by atoms with Crippen LogP contribution in [0, 0.1) is 0 Å². The number of para-hydroxylation sites is 1. The normalized spacial score (nSPS) is 16.5. The summed E-state index contributed by atoms with van der Waals surface area (Å²) in [7, 11) is 1.49. The number of benzene rings is 2. The van der Waals surface area contributed by atoms with Gasteiger partial charge in [0, 0.05) is 50.2 Å². The lowest BCUT2D eigenvalue weighted by Gasteiger charge is -2.47. The van der Waals surface area contributed by atoms with Gasteiger partial charge in [-0.05, 0) is 29.7 Å². The van der Waals surface area contributed by atoms with Crippen molar-refractivity contribution in [3.8, 4) is 11.4 Å². The highest BCUT2D eigenvalue weighted by Crippen LogP contribution is 2.27. The summed E-state index contributed by atoms with van der Waals surface area (Å²) in [6, 6.07) is 19.7. The smallest absolute Gasteiger partial charge is 0.259 e.